The molecular formula is C43H28BN. The number of hydrogen-bond acceptors (Lipinski definition) is 0. The maximum atomic E-state index is 2.55. The lowest BCUT2D eigenvalue weighted by Gasteiger charge is -2.46. The number of fused-ring (bicyclic) bond motifs is 7. The zero-order chi connectivity index (χ0) is 29.5. The molecule has 2 heteroatoms. The van der Waals surface area contributed by atoms with Gasteiger partial charge in [-0.05, 0) is 62.5 Å². The largest absolute Gasteiger partial charge is 0.310 e. The molecule has 0 saturated heterocycles. The van der Waals surface area contributed by atoms with Crippen molar-refractivity contribution in [3.63, 3.8) is 0 Å². The van der Waals surface area contributed by atoms with Crippen LogP contribution >= 0.6 is 0 Å². The molecule has 0 N–H and O–H groups in total. The van der Waals surface area contributed by atoms with Gasteiger partial charge in [0.15, 0.2) is 0 Å². The van der Waals surface area contributed by atoms with Gasteiger partial charge in [0.2, 0.25) is 6.71 Å². The number of aromatic nitrogens is 1. The predicted molar refractivity (Wildman–Crippen MR) is 189 cm³/mol. The van der Waals surface area contributed by atoms with Gasteiger partial charge in [0, 0.05) is 22.0 Å². The third-order valence-corrected chi connectivity index (χ3v) is 10.3. The monoisotopic (exact) mass is 569 g/mol. The van der Waals surface area contributed by atoms with Gasteiger partial charge < -0.3 is 4.57 Å². The number of para-hydroxylation sites is 1. The zero-order valence-corrected chi connectivity index (χ0v) is 24.7. The molecule has 1 aromatic heterocycles. The fraction of sp³-hybridized carbons (Fsp3) is 0.0233. The summed E-state index contributed by atoms with van der Waals surface area (Å²) in [5.74, 6) is 0. The molecule has 2 aliphatic rings. The maximum Gasteiger partial charge on any atom is 0.247 e. The average molecular weight is 570 g/mol. The Morgan fingerprint density at radius 2 is 1.07 bits per heavy atom. The fourth-order valence-electron chi connectivity index (χ4n) is 8.65. The molecule has 8 aromatic rings. The van der Waals surface area contributed by atoms with Crippen LogP contribution in [0.4, 0.5) is 0 Å². The Kier molecular flexibility index (Phi) is 5.07. The van der Waals surface area contributed by atoms with Crippen molar-refractivity contribution in [3.8, 4) is 16.8 Å². The van der Waals surface area contributed by atoms with Crippen LogP contribution in [0.5, 0.6) is 0 Å². The first-order valence-corrected chi connectivity index (χ1v) is 15.8. The average Bonchev–Trinajstić information content (AvgIpc) is 3.46. The van der Waals surface area contributed by atoms with Crippen molar-refractivity contribution in [2.24, 2.45) is 0 Å². The van der Waals surface area contributed by atoms with Gasteiger partial charge in [-0.3, -0.25) is 0 Å². The van der Waals surface area contributed by atoms with Gasteiger partial charge >= 0.3 is 0 Å². The summed E-state index contributed by atoms with van der Waals surface area (Å²) in [6, 6.07) is 63.2. The third kappa shape index (κ3) is 3.19. The molecule has 1 nitrogen and oxygen atoms in total. The minimum absolute atomic E-state index is 0.107. The molecule has 0 unspecified atom stereocenters. The minimum atomic E-state index is -0.461. The van der Waals surface area contributed by atoms with E-state index in [1.165, 1.54) is 77.3 Å². The Balaban J connectivity index is 1.42. The molecule has 10 rings (SSSR count). The van der Waals surface area contributed by atoms with Crippen molar-refractivity contribution in [3.05, 3.63) is 192 Å². The Morgan fingerprint density at radius 1 is 0.444 bits per heavy atom. The van der Waals surface area contributed by atoms with Crippen molar-refractivity contribution >= 4 is 44.9 Å². The lowest BCUT2D eigenvalue weighted by atomic mass is 9.29. The molecule has 0 bridgehead atoms. The minimum Gasteiger partial charge on any atom is -0.310 e. The summed E-state index contributed by atoms with van der Waals surface area (Å²) in [4.78, 5) is 0. The third-order valence-electron chi connectivity index (χ3n) is 10.3. The van der Waals surface area contributed by atoms with E-state index in [-0.39, 0.29) is 6.71 Å². The zero-order valence-electron chi connectivity index (χ0n) is 24.7. The number of benzene rings is 7. The van der Waals surface area contributed by atoms with Crippen molar-refractivity contribution < 1.29 is 0 Å². The summed E-state index contributed by atoms with van der Waals surface area (Å²) in [5.41, 5.74) is 15.4. The normalized spacial score (nSPS) is 13.9. The first-order chi connectivity index (χ1) is 22.4. The summed E-state index contributed by atoms with van der Waals surface area (Å²) in [6.45, 7) is 0.107. The molecule has 2 aliphatic heterocycles. The second kappa shape index (κ2) is 9.20. The topological polar surface area (TPSA) is 4.93 Å². The predicted octanol–water partition coefficient (Wildman–Crippen LogP) is 7.98. The Morgan fingerprint density at radius 3 is 1.82 bits per heavy atom. The molecule has 0 aliphatic carbocycles. The van der Waals surface area contributed by atoms with E-state index >= 15 is 0 Å². The highest BCUT2D eigenvalue weighted by Gasteiger charge is 2.50. The Bertz CT molecular complexity index is 2380. The van der Waals surface area contributed by atoms with E-state index in [1.807, 2.05) is 0 Å². The van der Waals surface area contributed by atoms with Crippen molar-refractivity contribution in [1.29, 1.82) is 0 Å². The first kappa shape index (κ1) is 24.8. The second-order valence-corrected chi connectivity index (χ2v) is 12.4. The quantitative estimate of drug-likeness (QED) is 0.190. The molecule has 0 radical (unpaired) electrons. The van der Waals surface area contributed by atoms with E-state index in [1.54, 1.807) is 0 Å². The van der Waals surface area contributed by atoms with Crippen LogP contribution in [0.3, 0.4) is 0 Å². The molecule has 208 valence electrons. The number of rotatable bonds is 3. The van der Waals surface area contributed by atoms with E-state index in [4.69, 9.17) is 0 Å². The highest BCUT2D eigenvalue weighted by molar-refractivity contribution is 6.99. The highest BCUT2D eigenvalue weighted by Crippen LogP contribution is 2.48. The summed E-state index contributed by atoms with van der Waals surface area (Å²) >= 11 is 0. The summed E-state index contributed by atoms with van der Waals surface area (Å²) in [7, 11) is 0. The van der Waals surface area contributed by atoms with Gasteiger partial charge in [-0.2, -0.15) is 0 Å². The fourth-order valence-corrected chi connectivity index (χ4v) is 8.65. The summed E-state index contributed by atoms with van der Waals surface area (Å²) < 4.78 is 2.55. The lowest BCUT2D eigenvalue weighted by molar-refractivity contribution is 0.750. The van der Waals surface area contributed by atoms with Crippen LogP contribution in [-0.2, 0) is 5.41 Å². The number of nitrogens with zero attached hydrogens (tertiary/aromatic N) is 1. The van der Waals surface area contributed by atoms with E-state index in [2.05, 4.69) is 174 Å². The molecule has 0 atom stereocenters. The second-order valence-electron chi connectivity index (χ2n) is 12.4. The van der Waals surface area contributed by atoms with Gasteiger partial charge in [-0.1, -0.05) is 157 Å². The van der Waals surface area contributed by atoms with Crippen LogP contribution < -0.4 is 16.4 Å². The van der Waals surface area contributed by atoms with E-state index < -0.39 is 5.41 Å². The van der Waals surface area contributed by atoms with Crippen LogP contribution in [0.15, 0.2) is 170 Å². The molecule has 45 heavy (non-hydrogen) atoms. The molecule has 7 aromatic carbocycles. The SMILES string of the molecule is c1ccc(-c2cc3c4c(c2)c2ccccc2n4-c2cccc4c2B3c2ccccc2C4(c2ccccc2)c2ccccc2)cc1. The van der Waals surface area contributed by atoms with Crippen LogP contribution in [0.25, 0.3) is 38.6 Å². The molecule has 3 heterocycles. The van der Waals surface area contributed by atoms with E-state index in [0.717, 1.165) is 0 Å². The Hall–Kier alpha value is -5.60. The molecule has 0 fully saturated rings. The van der Waals surface area contributed by atoms with E-state index in [9.17, 15) is 0 Å². The Labute approximate surface area is 263 Å². The van der Waals surface area contributed by atoms with Gasteiger partial charge in [0.05, 0.1) is 10.9 Å². The molecule has 0 amide bonds. The summed E-state index contributed by atoms with van der Waals surface area (Å²) in [6.07, 6.45) is 0. The van der Waals surface area contributed by atoms with Crippen molar-refractivity contribution in [1.82, 2.24) is 4.57 Å². The standard InChI is InChI=1S/C43H28BN/c1-4-15-29(16-5-1)30-27-34-33-21-10-13-25-39(33)45-40-26-14-23-36-41(40)44(38(28-30)42(34)45)37-24-12-11-22-35(37)43(36,31-17-6-2-7-18-31)32-19-8-3-9-20-32/h1-28H. The lowest BCUT2D eigenvalue weighted by Crippen LogP contribution is -2.64. The van der Waals surface area contributed by atoms with Crippen molar-refractivity contribution in [2.75, 3.05) is 0 Å². The van der Waals surface area contributed by atoms with Crippen molar-refractivity contribution in [2.45, 2.75) is 5.41 Å². The van der Waals surface area contributed by atoms with Crippen LogP contribution in [-0.4, -0.2) is 11.3 Å². The van der Waals surface area contributed by atoms with Crippen LogP contribution in [0.1, 0.15) is 22.3 Å². The first-order valence-electron chi connectivity index (χ1n) is 15.8. The number of hydrogen-bond donors (Lipinski definition) is 0. The van der Waals surface area contributed by atoms with E-state index in [0.29, 0.717) is 0 Å². The van der Waals surface area contributed by atoms with Crippen LogP contribution in [0, 0.1) is 0 Å². The molecular weight excluding hydrogens is 541 g/mol. The smallest absolute Gasteiger partial charge is 0.247 e. The van der Waals surface area contributed by atoms with Gasteiger partial charge in [-0.15, -0.1) is 0 Å². The van der Waals surface area contributed by atoms with Gasteiger partial charge in [0.1, 0.15) is 0 Å². The highest BCUT2D eigenvalue weighted by atomic mass is 15.0. The molecule has 0 spiro atoms. The van der Waals surface area contributed by atoms with Gasteiger partial charge in [0.25, 0.3) is 0 Å². The van der Waals surface area contributed by atoms with Crippen LogP contribution in [0.2, 0.25) is 0 Å². The van der Waals surface area contributed by atoms with Gasteiger partial charge in [-0.25, -0.2) is 0 Å². The maximum absolute atomic E-state index is 2.55. The summed E-state index contributed by atoms with van der Waals surface area (Å²) in [5, 5.41) is 2.62. The molecule has 0 saturated carbocycles.